The van der Waals surface area contributed by atoms with Gasteiger partial charge in [-0.2, -0.15) is 18.3 Å². The van der Waals surface area contributed by atoms with Gasteiger partial charge in [-0.1, -0.05) is 19.1 Å². The minimum absolute atomic E-state index is 0.0579. The number of benzene rings is 1. The Morgan fingerprint density at radius 1 is 1.12 bits per heavy atom. The molecule has 1 saturated carbocycles. The molecule has 42 heavy (non-hydrogen) atoms. The molecule has 4 aliphatic rings. The summed E-state index contributed by atoms with van der Waals surface area (Å²) in [6.07, 6.45) is 0.880. The number of fused-ring (bicyclic) bond motifs is 1. The second-order valence-corrected chi connectivity index (χ2v) is 11.5. The van der Waals surface area contributed by atoms with Crippen LogP contribution in [0.25, 0.3) is 0 Å². The van der Waals surface area contributed by atoms with Gasteiger partial charge in [0, 0.05) is 42.8 Å². The van der Waals surface area contributed by atoms with E-state index in [9.17, 15) is 32.3 Å². The number of nitrogens with one attached hydrogen (secondary N) is 2. The number of piperidine rings is 2. The Morgan fingerprint density at radius 2 is 1.86 bits per heavy atom. The number of nitrogens with zero attached hydrogens (tertiary/aromatic N) is 4. The van der Waals surface area contributed by atoms with Crippen molar-refractivity contribution in [2.75, 3.05) is 18.4 Å². The van der Waals surface area contributed by atoms with Gasteiger partial charge >= 0.3 is 6.18 Å². The Labute approximate surface area is 239 Å². The second-order valence-electron chi connectivity index (χ2n) is 11.5. The van der Waals surface area contributed by atoms with Crippen LogP contribution in [0.15, 0.2) is 42.9 Å². The second kappa shape index (κ2) is 10.3. The summed E-state index contributed by atoms with van der Waals surface area (Å²) in [5, 5.41) is 10.3. The zero-order valence-corrected chi connectivity index (χ0v) is 22.9. The number of carbonyl (C=O) groups is 4. The normalized spacial score (nSPS) is 22.6. The molecule has 3 aliphatic heterocycles. The van der Waals surface area contributed by atoms with Crippen molar-refractivity contribution in [2.24, 2.45) is 5.41 Å². The van der Waals surface area contributed by atoms with Crippen molar-refractivity contribution < 1.29 is 32.3 Å². The van der Waals surface area contributed by atoms with Crippen molar-refractivity contribution in [1.29, 1.82) is 0 Å². The molecule has 1 aliphatic carbocycles. The molecule has 2 saturated heterocycles. The van der Waals surface area contributed by atoms with E-state index in [0.29, 0.717) is 50.0 Å². The molecule has 1 aromatic heterocycles. The first-order chi connectivity index (χ1) is 20.0. The molecule has 4 amide bonds. The van der Waals surface area contributed by atoms with E-state index in [1.54, 1.807) is 29.1 Å². The number of amides is 4. The number of halogens is 3. The summed E-state index contributed by atoms with van der Waals surface area (Å²) in [5.74, 6) is -2.28. The Hall–Kier alpha value is -4.16. The lowest BCUT2D eigenvalue weighted by atomic mass is 9.67. The molecular formula is C29H31F3N6O4. The molecule has 0 radical (unpaired) electrons. The van der Waals surface area contributed by atoms with Crippen LogP contribution < -0.4 is 10.6 Å². The third-order valence-corrected chi connectivity index (χ3v) is 9.00. The van der Waals surface area contributed by atoms with Gasteiger partial charge in [0.25, 0.3) is 11.8 Å². The number of carbonyl (C=O) groups excluding carboxylic acids is 4. The largest absolute Gasteiger partial charge is 0.403 e. The third kappa shape index (κ3) is 4.54. The lowest BCUT2D eigenvalue weighted by molar-refractivity contribution is -0.248. The molecule has 2 aromatic rings. The van der Waals surface area contributed by atoms with E-state index < -0.39 is 41.3 Å². The molecule has 13 heteroatoms. The summed E-state index contributed by atoms with van der Waals surface area (Å²) in [6, 6.07) is 3.98. The van der Waals surface area contributed by atoms with Gasteiger partial charge in [-0.15, -0.1) is 0 Å². The van der Waals surface area contributed by atoms with Crippen LogP contribution in [-0.2, 0) is 16.1 Å². The van der Waals surface area contributed by atoms with Crippen LogP contribution in [0, 0.1) is 5.41 Å². The molecule has 1 unspecified atom stereocenters. The SMILES string of the molecule is C=C1CCC(N2C(=O)c3cccc(NCc4cnn(C5CCN(C(=O)C6(C(F)(F)F)CCC6)CC5)c4)c3C2=O)C(=O)N1. The summed E-state index contributed by atoms with van der Waals surface area (Å²) in [4.78, 5) is 54.1. The molecule has 6 rings (SSSR count). The van der Waals surface area contributed by atoms with Gasteiger partial charge in [0.15, 0.2) is 0 Å². The third-order valence-electron chi connectivity index (χ3n) is 9.00. The maximum absolute atomic E-state index is 13.6. The fourth-order valence-electron chi connectivity index (χ4n) is 6.39. The van der Waals surface area contributed by atoms with E-state index in [-0.39, 0.29) is 43.1 Å². The first kappa shape index (κ1) is 28.0. The molecule has 10 nitrogen and oxygen atoms in total. The fourth-order valence-corrected chi connectivity index (χ4v) is 6.39. The maximum atomic E-state index is 13.6. The minimum Gasteiger partial charge on any atom is -0.380 e. The van der Waals surface area contributed by atoms with Gasteiger partial charge < -0.3 is 15.5 Å². The van der Waals surface area contributed by atoms with E-state index in [0.717, 1.165) is 10.5 Å². The van der Waals surface area contributed by atoms with Crippen molar-refractivity contribution in [3.63, 3.8) is 0 Å². The molecule has 0 spiro atoms. The molecule has 3 fully saturated rings. The van der Waals surface area contributed by atoms with Gasteiger partial charge in [-0.25, -0.2) is 0 Å². The number of allylic oxidation sites excluding steroid dienone is 1. The fraction of sp³-hybridized carbons (Fsp3) is 0.483. The highest BCUT2D eigenvalue weighted by atomic mass is 19.4. The van der Waals surface area contributed by atoms with Crippen LogP contribution in [0.5, 0.6) is 0 Å². The summed E-state index contributed by atoms with van der Waals surface area (Å²) in [6.45, 7) is 4.52. The van der Waals surface area contributed by atoms with Crippen molar-refractivity contribution >= 4 is 29.3 Å². The predicted molar refractivity (Wildman–Crippen MR) is 144 cm³/mol. The van der Waals surface area contributed by atoms with Crippen molar-refractivity contribution in [2.45, 2.75) is 69.8 Å². The van der Waals surface area contributed by atoms with Crippen LogP contribution in [0.2, 0.25) is 0 Å². The number of alkyl halides is 3. The number of aromatic nitrogens is 2. The van der Waals surface area contributed by atoms with E-state index in [4.69, 9.17) is 0 Å². The molecule has 1 atom stereocenters. The highest BCUT2D eigenvalue weighted by Crippen LogP contribution is 2.54. The number of likely N-dealkylation sites (tertiary alicyclic amines) is 1. The van der Waals surface area contributed by atoms with E-state index >= 15 is 0 Å². The average Bonchev–Trinajstić information content (AvgIpc) is 3.49. The molecule has 4 heterocycles. The van der Waals surface area contributed by atoms with Crippen LogP contribution in [0.3, 0.4) is 0 Å². The summed E-state index contributed by atoms with van der Waals surface area (Å²) in [7, 11) is 0. The lowest BCUT2D eigenvalue weighted by Gasteiger charge is -2.45. The van der Waals surface area contributed by atoms with Crippen LogP contribution in [0.1, 0.15) is 77.3 Å². The Balaban J connectivity index is 1.08. The molecule has 2 N–H and O–H groups in total. The minimum atomic E-state index is -4.53. The predicted octanol–water partition coefficient (Wildman–Crippen LogP) is 3.78. The highest BCUT2D eigenvalue weighted by Gasteiger charge is 2.64. The molecule has 0 bridgehead atoms. The molecule has 222 valence electrons. The first-order valence-corrected chi connectivity index (χ1v) is 14.1. The van der Waals surface area contributed by atoms with Crippen molar-refractivity contribution in [1.82, 2.24) is 24.9 Å². The quantitative estimate of drug-likeness (QED) is 0.500. The number of hydrogen-bond donors (Lipinski definition) is 2. The van der Waals surface area contributed by atoms with Crippen molar-refractivity contribution in [3.05, 3.63) is 59.6 Å². The number of anilines is 1. The topological polar surface area (TPSA) is 117 Å². The summed E-state index contributed by atoms with van der Waals surface area (Å²) >= 11 is 0. The summed E-state index contributed by atoms with van der Waals surface area (Å²) < 4.78 is 42.6. The Morgan fingerprint density at radius 3 is 2.50 bits per heavy atom. The maximum Gasteiger partial charge on any atom is 0.403 e. The van der Waals surface area contributed by atoms with Gasteiger partial charge in [0.1, 0.15) is 11.5 Å². The van der Waals surface area contributed by atoms with E-state index in [1.165, 1.54) is 4.90 Å². The van der Waals surface area contributed by atoms with Gasteiger partial charge in [0.05, 0.1) is 23.4 Å². The number of imide groups is 1. The van der Waals surface area contributed by atoms with Crippen LogP contribution >= 0.6 is 0 Å². The molecule has 1 aromatic carbocycles. The van der Waals surface area contributed by atoms with Crippen molar-refractivity contribution in [3.8, 4) is 0 Å². The smallest absolute Gasteiger partial charge is 0.380 e. The lowest BCUT2D eigenvalue weighted by Crippen LogP contribution is -2.57. The first-order valence-electron chi connectivity index (χ1n) is 14.1. The van der Waals surface area contributed by atoms with Crippen LogP contribution in [-0.4, -0.2) is 68.5 Å². The Kier molecular flexibility index (Phi) is 6.85. The Bertz CT molecular complexity index is 1470. The highest BCUT2D eigenvalue weighted by molar-refractivity contribution is 6.25. The van der Waals surface area contributed by atoms with Gasteiger partial charge in [0.2, 0.25) is 11.8 Å². The zero-order chi connectivity index (χ0) is 29.8. The number of hydrogen-bond acceptors (Lipinski definition) is 6. The number of rotatable bonds is 6. The van der Waals surface area contributed by atoms with Crippen LogP contribution in [0.4, 0.5) is 18.9 Å². The summed E-state index contributed by atoms with van der Waals surface area (Å²) in [5.41, 5.74) is 0.0423. The standard InChI is InChI=1S/C29H31F3N6O4/c1-17-6-7-22(24(39)35-17)38-25(40)20-4-2-5-21(23(20)26(38)41)33-14-18-15-34-37(16-18)19-8-12-36(13-9-19)27(42)28(10-3-11-28)29(30,31)32/h2,4-5,15-16,19,22,33H,1,3,6-14H2,(H,35,39). The van der Waals surface area contributed by atoms with E-state index in [2.05, 4.69) is 22.3 Å². The monoisotopic (exact) mass is 584 g/mol. The van der Waals surface area contributed by atoms with Gasteiger partial charge in [-0.05, 0) is 50.7 Å². The average molecular weight is 585 g/mol. The zero-order valence-electron chi connectivity index (χ0n) is 22.9. The van der Waals surface area contributed by atoms with Gasteiger partial charge in [-0.3, -0.25) is 28.8 Å². The molecular weight excluding hydrogens is 553 g/mol. The van der Waals surface area contributed by atoms with E-state index in [1.807, 2.05) is 6.20 Å².